The van der Waals surface area contributed by atoms with E-state index < -0.39 is 6.17 Å². The van der Waals surface area contributed by atoms with E-state index in [1.165, 1.54) is 11.3 Å². The number of benzodiazepines with no additional fused rings is 1. The first-order valence-corrected chi connectivity index (χ1v) is 11.4. The van der Waals surface area contributed by atoms with Crippen LogP contribution in [0.5, 0.6) is 0 Å². The minimum Gasteiger partial charge on any atom is -0.402 e. The number of pyridine rings is 1. The van der Waals surface area contributed by atoms with E-state index in [4.69, 9.17) is 9.41 Å². The lowest BCUT2D eigenvalue weighted by molar-refractivity contribution is -0.116. The molecule has 4 aromatic rings. The van der Waals surface area contributed by atoms with Gasteiger partial charge in [0.15, 0.2) is 0 Å². The molecule has 0 saturated carbocycles. The zero-order valence-electron chi connectivity index (χ0n) is 17.4. The summed E-state index contributed by atoms with van der Waals surface area (Å²) in [5.41, 5.74) is 3.48. The van der Waals surface area contributed by atoms with Crippen LogP contribution >= 0.6 is 11.3 Å². The van der Waals surface area contributed by atoms with E-state index in [0.29, 0.717) is 5.89 Å². The molecule has 8 nitrogen and oxygen atoms in total. The molecule has 162 valence electrons. The third kappa shape index (κ3) is 3.72. The molecule has 2 aliphatic rings. The van der Waals surface area contributed by atoms with Crippen molar-refractivity contribution < 1.29 is 9.21 Å². The van der Waals surface area contributed by atoms with Gasteiger partial charge in [-0.3, -0.25) is 4.79 Å². The monoisotopic (exact) mass is 454 g/mol. The molecule has 6 rings (SSSR count). The highest BCUT2D eigenvalue weighted by molar-refractivity contribution is 7.21. The number of fused-ring (bicyclic) bond motifs is 2. The molecule has 0 spiro atoms. The number of hydrogen-bond donors (Lipinski definition) is 2. The van der Waals surface area contributed by atoms with Gasteiger partial charge in [-0.1, -0.05) is 47.6 Å². The number of nitrogens with one attached hydrogen (secondary N) is 2. The van der Waals surface area contributed by atoms with Crippen molar-refractivity contribution in [2.45, 2.75) is 19.0 Å². The zero-order valence-corrected chi connectivity index (χ0v) is 18.2. The van der Waals surface area contributed by atoms with Crippen LogP contribution < -0.4 is 10.6 Å². The number of aromatic nitrogens is 3. The first-order valence-electron chi connectivity index (χ1n) is 10.5. The molecule has 33 heavy (non-hydrogen) atoms. The van der Waals surface area contributed by atoms with E-state index in [0.717, 1.165) is 50.5 Å². The van der Waals surface area contributed by atoms with Crippen LogP contribution in [0.1, 0.15) is 18.4 Å². The molecule has 9 heteroatoms. The van der Waals surface area contributed by atoms with Gasteiger partial charge in [-0.25, -0.2) is 9.98 Å². The van der Waals surface area contributed by atoms with E-state index in [9.17, 15) is 4.79 Å². The molecular weight excluding hydrogens is 436 g/mol. The maximum absolute atomic E-state index is 13.0. The summed E-state index contributed by atoms with van der Waals surface area (Å²) in [4.78, 5) is 23.8. The van der Waals surface area contributed by atoms with Crippen molar-refractivity contribution >= 4 is 44.9 Å². The molecule has 1 aliphatic heterocycles. The lowest BCUT2D eigenvalue weighted by Crippen LogP contribution is -2.32. The summed E-state index contributed by atoms with van der Waals surface area (Å²) in [7, 11) is 0. The van der Waals surface area contributed by atoms with Crippen molar-refractivity contribution in [3.8, 4) is 10.8 Å². The van der Waals surface area contributed by atoms with Crippen molar-refractivity contribution in [2.24, 2.45) is 4.99 Å². The standard InChI is InChI=1S/C24H18N6O2S/c31-21-20(27-19(14-7-2-1-3-8-14)16-10-4-5-11-17(16)26-21)28-24-30-29-22(32-24)18-13-15-9-6-12-25-23(15)33-18/h1-2,4-7,9-13,20H,3,8H2,(H,26,31)(H,28,30)/t20-/m1/s1. The Balaban J connectivity index is 1.33. The van der Waals surface area contributed by atoms with E-state index in [1.54, 1.807) is 6.20 Å². The molecular formula is C24H18N6O2S. The highest BCUT2D eigenvalue weighted by Crippen LogP contribution is 2.32. The number of amides is 1. The number of nitrogens with zero attached hydrogens (tertiary/aromatic N) is 4. The van der Waals surface area contributed by atoms with Crippen molar-refractivity contribution in [1.29, 1.82) is 0 Å². The predicted molar refractivity (Wildman–Crippen MR) is 128 cm³/mol. The average Bonchev–Trinajstić information content (AvgIpc) is 3.46. The Kier molecular flexibility index (Phi) is 4.80. The molecule has 1 amide bonds. The topological polar surface area (TPSA) is 105 Å². The first-order chi connectivity index (χ1) is 16.2. The van der Waals surface area contributed by atoms with Crippen LogP contribution in [0.15, 0.2) is 81.9 Å². The van der Waals surface area contributed by atoms with Crippen LogP contribution in [0.4, 0.5) is 11.7 Å². The SMILES string of the molecule is O=C1Nc2ccccc2C(C2=CC=CCC2)=N[C@@H]1Nc1nnc(-c2cc3cccnc3s2)o1. The minimum atomic E-state index is -0.920. The fraction of sp³-hybridized carbons (Fsp3) is 0.125. The summed E-state index contributed by atoms with van der Waals surface area (Å²) >= 11 is 1.47. The number of carbonyl (C=O) groups excluding carboxylic acids is 1. The number of aliphatic imine (C=N–C) groups is 1. The van der Waals surface area contributed by atoms with E-state index in [-0.39, 0.29) is 11.9 Å². The fourth-order valence-corrected chi connectivity index (χ4v) is 4.81. The maximum Gasteiger partial charge on any atom is 0.317 e. The number of allylic oxidation sites excluding steroid dienone is 4. The Morgan fingerprint density at radius 3 is 2.97 bits per heavy atom. The van der Waals surface area contributed by atoms with E-state index in [2.05, 4.69) is 31.9 Å². The summed E-state index contributed by atoms with van der Waals surface area (Å²) < 4.78 is 5.82. The van der Waals surface area contributed by atoms with Crippen LogP contribution in [-0.4, -0.2) is 33.0 Å². The number of carbonyl (C=O) groups is 1. The highest BCUT2D eigenvalue weighted by atomic mass is 32.1. The molecule has 0 saturated heterocycles. The Morgan fingerprint density at radius 2 is 2.09 bits per heavy atom. The third-order valence-electron chi connectivity index (χ3n) is 5.45. The molecule has 0 bridgehead atoms. The van der Waals surface area contributed by atoms with Gasteiger partial charge in [0.1, 0.15) is 4.83 Å². The lowest BCUT2D eigenvalue weighted by atomic mass is 9.94. The van der Waals surface area contributed by atoms with Gasteiger partial charge in [0.05, 0.1) is 16.3 Å². The molecule has 0 unspecified atom stereocenters. The number of benzene rings is 1. The van der Waals surface area contributed by atoms with Gasteiger partial charge in [0.2, 0.25) is 6.17 Å². The number of thiophene rings is 1. The second kappa shape index (κ2) is 8.10. The summed E-state index contributed by atoms with van der Waals surface area (Å²) in [6.45, 7) is 0. The van der Waals surface area contributed by atoms with Crippen LogP contribution in [0.2, 0.25) is 0 Å². The van der Waals surface area contributed by atoms with Gasteiger partial charge >= 0.3 is 6.01 Å². The van der Waals surface area contributed by atoms with Crippen molar-refractivity contribution in [2.75, 3.05) is 10.6 Å². The first kappa shape index (κ1) is 19.6. The lowest BCUT2D eigenvalue weighted by Gasteiger charge is -2.14. The minimum absolute atomic E-state index is 0.127. The third-order valence-corrected chi connectivity index (χ3v) is 6.50. The van der Waals surface area contributed by atoms with Crippen molar-refractivity contribution in [3.63, 3.8) is 0 Å². The Labute approximate surface area is 192 Å². The van der Waals surface area contributed by atoms with Crippen LogP contribution in [0.25, 0.3) is 21.0 Å². The van der Waals surface area contributed by atoms with Gasteiger partial charge in [0.25, 0.3) is 11.8 Å². The van der Waals surface area contributed by atoms with Crippen molar-refractivity contribution in [3.05, 3.63) is 78.0 Å². The largest absolute Gasteiger partial charge is 0.402 e. The van der Waals surface area contributed by atoms with Gasteiger partial charge < -0.3 is 15.1 Å². The number of anilines is 2. The second-order valence-electron chi connectivity index (χ2n) is 7.64. The summed E-state index contributed by atoms with van der Waals surface area (Å²) in [5.74, 6) is 0.0670. The number of rotatable bonds is 4. The van der Waals surface area contributed by atoms with Crippen LogP contribution in [0.3, 0.4) is 0 Å². The Morgan fingerprint density at radius 1 is 1.15 bits per heavy atom. The Hall–Kier alpha value is -4.11. The smallest absolute Gasteiger partial charge is 0.317 e. The molecule has 0 fully saturated rings. The predicted octanol–water partition coefficient (Wildman–Crippen LogP) is 4.80. The average molecular weight is 455 g/mol. The van der Waals surface area contributed by atoms with Gasteiger partial charge in [0, 0.05) is 17.1 Å². The Bertz CT molecular complexity index is 1430. The molecule has 0 radical (unpaired) electrons. The number of hydrogen-bond acceptors (Lipinski definition) is 8. The molecule has 1 atom stereocenters. The van der Waals surface area contributed by atoms with Gasteiger partial charge in [-0.15, -0.1) is 16.4 Å². The quantitative estimate of drug-likeness (QED) is 0.459. The molecule has 1 aliphatic carbocycles. The maximum atomic E-state index is 13.0. The summed E-state index contributed by atoms with van der Waals surface area (Å²) in [6, 6.07) is 13.6. The zero-order chi connectivity index (χ0) is 22.2. The van der Waals surface area contributed by atoms with Crippen LogP contribution in [-0.2, 0) is 4.79 Å². The van der Waals surface area contributed by atoms with E-state index in [1.807, 2.05) is 54.6 Å². The van der Waals surface area contributed by atoms with Gasteiger partial charge in [-0.2, -0.15) is 0 Å². The number of para-hydroxylation sites is 1. The normalized spacial score (nSPS) is 17.7. The van der Waals surface area contributed by atoms with Crippen LogP contribution in [0, 0.1) is 0 Å². The second-order valence-corrected chi connectivity index (χ2v) is 8.67. The molecule has 2 N–H and O–H groups in total. The van der Waals surface area contributed by atoms with Gasteiger partial charge in [-0.05, 0) is 36.6 Å². The highest BCUT2D eigenvalue weighted by Gasteiger charge is 2.28. The molecule has 3 aromatic heterocycles. The van der Waals surface area contributed by atoms with Crippen molar-refractivity contribution in [1.82, 2.24) is 15.2 Å². The summed E-state index contributed by atoms with van der Waals surface area (Å²) in [5, 5.41) is 15.2. The fourth-order valence-electron chi connectivity index (χ4n) is 3.89. The summed E-state index contributed by atoms with van der Waals surface area (Å²) in [6.07, 6.45) is 8.81. The molecule has 4 heterocycles. The van der Waals surface area contributed by atoms with E-state index >= 15 is 0 Å². The molecule has 1 aromatic carbocycles.